The Morgan fingerprint density at radius 1 is 1.28 bits per heavy atom. The van der Waals surface area contributed by atoms with Crippen molar-refractivity contribution in [1.82, 2.24) is 4.98 Å². The predicted molar refractivity (Wildman–Crippen MR) is 62.8 cm³/mol. The van der Waals surface area contributed by atoms with Gasteiger partial charge < -0.3 is 14.9 Å². The largest absolute Gasteiger partial charge is 0.489 e. The first-order valence-electron chi connectivity index (χ1n) is 5.08. The van der Waals surface area contributed by atoms with E-state index in [4.69, 9.17) is 4.74 Å². The first-order valence-corrected chi connectivity index (χ1v) is 5.08. The zero-order valence-electron chi connectivity index (χ0n) is 9.46. The molecule has 6 heteroatoms. The number of rotatable bonds is 3. The summed E-state index contributed by atoms with van der Waals surface area (Å²) in [5.74, 6) is -0.872. The van der Waals surface area contributed by atoms with E-state index in [0.717, 1.165) is 0 Å². The Labute approximate surface area is 102 Å². The molecule has 0 fully saturated rings. The summed E-state index contributed by atoms with van der Waals surface area (Å²) in [5, 5.41) is 10.8. The van der Waals surface area contributed by atoms with Gasteiger partial charge in [0, 0.05) is 0 Å². The van der Waals surface area contributed by atoms with Crippen molar-refractivity contribution in [1.29, 1.82) is 0 Å². The molecule has 1 aromatic carbocycles. The molecule has 0 bridgehead atoms. The summed E-state index contributed by atoms with van der Waals surface area (Å²) >= 11 is 0. The van der Waals surface area contributed by atoms with Crippen LogP contribution in [-0.2, 0) is 0 Å². The molecule has 0 radical (unpaired) electrons. The maximum atomic E-state index is 13.5. The monoisotopic (exact) mass is 248 g/mol. The second-order valence-corrected chi connectivity index (χ2v) is 3.46. The zero-order chi connectivity index (χ0) is 13.1. The van der Waals surface area contributed by atoms with Crippen molar-refractivity contribution in [3.8, 4) is 17.0 Å². The molecule has 0 unspecified atom stereocenters. The minimum Gasteiger partial charge on any atom is -0.489 e. The number of aromatic nitrogens is 1. The van der Waals surface area contributed by atoms with E-state index in [0.29, 0.717) is 0 Å². The average molecular weight is 248 g/mol. The molecular weight excluding hydrogens is 239 g/mol. The summed E-state index contributed by atoms with van der Waals surface area (Å²) in [6.07, 6.45) is 0. The summed E-state index contributed by atoms with van der Waals surface area (Å²) < 4.78 is 18.4. The highest BCUT2D eigenvalue weighted by Gasteiger charge is 2.20. The number of hydrogen-bond donors (Lipinski definition) is 0. The number of ether oxygens (including phenoxy) is 1. The van der Waals surface area contributed by atoms with E-state index in [1.807, 2.05) is 0 Å². The molecule has 1 aromatic heterocycles. The van der Waals surface area contributed by atoms with Gasteiger partial charge in [0.05, 0.1) is 12.7 Å². The molecule has 0 saturated heterocycles. The lowest BCUT2D eigenvalue weighted by molar-refractivity contribution is -0.390. The van der Waals surface area contributed by atoms with E-state index in [-0.39, 0.29) is 17.0 Å². The van der Waals surface area contributed by atoms with E-state index in [1.54, 1.807) is 6.07 Å². The number of benzene rings is 1. The van der Waals surface area contributed by atoms with Crippen molar-refractivity contribution in [3.63, 3.8) is 0 Å². The summed E-state index contributed by atoms with van der Waals surface area (Å²) in [4.78, 5) is 14.0. The highest BCUT2D eigenvalue weighted by atomic mass is 19.1. The number of hydrogen-bond acceptors (Lipinski definition) is 4. The van der Waals surface area contributed by atoms with E-state index in [1.165, 1.54) is 37.4 Å². The quantitative estimate of drug-likeness (QED) is 0.618. The topological polar surface area (TPSA) is 65.3 Å². The first-order chi connectivity index (χ1) is 8.63. The molecular formula is C12H9FN2O3. The Morgan fingerprint density at radius 2 is 2.00 bits per heavy atom. The molecule has 0 atom stereocenters. The fraction of sp³-hybridized carbons (Fsp3) is 0.0833. The summed E-state index contributed by atoms with van der Waals surface area (Å²) in [6.45, 7) is 0. The lowest BCUT2D eigenvalue weighted by Gasteiger charge is -2.03. The third kappa shape index (κ3) is 2.13. The maximum absolute atomic E-state index is 13.5. The second-order valence-electron chi connectivity index (χ2n) is 3.46. The normalized spacial score (nSPS) is 10.1. The molecule has 0 aliphatic carbocycles. The third-order valence-electron chi connectivity index (χ3n) is 2.38. The molecule has 0 aliphatic heterocycles. The standard InChI is InChI=1S/C12H9FN2O3/c1-18-11-7-6-10(14-12(11)15(16)17)8-4-2-3-5-9(8)13/h2-7H,1H3. The van der Waals surface area contributed by atoms with Crippen LogP contribution in [0.2, 0.25) is 0 Å². The summed E-state index contributed by atoms with van der Waals surface area (Å²) in [7, 11) is 1.31. The van der Waals surface area contributed by atoms with E-state index in [2.05, 4.69) is 4.98 Å². The van der Waals surface area contributed by atoms with Gasteiger partial charge in [0.1, 0.15) is 5.82 Å². The van der Waals surface area contributed by atoms with E-state index < -0.39 is 16.6 Å². The Balaban J connectivity index is 2.57. The molecule has 18 heavy (non-hydrogen) atoms. The summed E-state index contributed by atoms with van der Waals surface area (Å²) in [6, 6.07) is 8.82. The van der Waals surface area contributed by atoms with Crippen molar-refractivity contribution in [2.24, 2.45) is 0 Å². The van der Waals surface area contributed by atoms with Crippen LogP contribution in [0.4, 0.5) is 10.2 Å². The number of halogens is 1. The van der Waals surface area contributed by atoms with E-state index in [9.17, 15) is 14.5 Å². The molecule has 0 aliphatic rings. The van der Waals surface area contributed by atoms with Gasteiger partial charge in [0.2, 0.25) is 5.75 Å². The van der Waals surface area contributed by atoms with Gasteiger partial charge in [0.25, 0.3) is 0 Å². The Kier molecular flexibility index (Phi) is 3.18. The molecule has 92 valence electrons. The fourth-order valence-corrected chi connectivity index (χ4v) is 1.54. The zero-order valence-corrected chi connectivity index (χ0v) is 9.46. The van der Waals surface area contributed by atoms with Crippen LogP contribution in [0.5, 0.6) is 5.75 Å². The van der Waals surface area contributed by atoms with Crippen LogP contribution < -0.4 is 4.74 Å². The van der Waals surface area contributed by atoms with Crippen LogP contribution in [0.25, 0.3) is 11.3 Å². The maximum Gasteiger partial charge on any atom is 0.406 e. The van der Waals surface area contributed by atoms with Gasteiger partial charge in [-0.3, -0.25) is 0 Å². The van der Waals surface area contributed by atoms with Crippen LogP contribution in [-0.4, -0.2) is 17.0 Å². The molecule has 2 rings (SSSR count). The Hall–Kier alpha value is -2.50. The highest BCUT2D eigenvalue weighted by Crippen LogP contribution is 2.29. The van der Waals surface area contributed by atoms with Gasteiger partial charge in [-0.1, -0.05) is 12.1 Å². The van der Waals surface area contributed by atoms with Crippen molar-refractivity contribution < 1.29 is 14.1 Å². The van der Waals surface area contributed by atoms with Crippen molar-refractivity contribution in [3.05, 3.63) is 52.3 Å². The van der Waals surface area contributed by atoms with Gasteiger partial charge >= 0.3 is 5.82 Å². The molecule has 5 nitrogen and oxygen atoms in total. The molecule has 0 N–H and O–H groups in total. The molecule has 0 saturated carbocycles. The average Bonchev–Trinajstić information content (AvgIpc) is 2.38. The highest BCUT2D eigenvalue weighted by molar-refractivity contribution is 5.62. The van der Waals surface area contributed by atoms with Crippen LogP contribution in [0.15, 0.2) is 36.4 Å². The third-order valence-corrected chi connectivity index (χ3v) is 2.38. The van der Waals surface area contributed by atoms with Crippen molar-refractivity contribution >= 4 is 5.82 Å². The second kappa shape index (κ2) is 4.79. The van der Waals surface area contributed by atoms with Gasteiger partial charge in [-0.2, -0.15) is 0 Å². The van der Waals surface area contributed by atoms with Crippen LogP contribution >= 0.6 is 0 Å². The molecule has 0 amide bonds. The Morgan fingerprint density at radius 3 is 2.61 bits per heavy atom. The minimum absolute atomic E-state index is 0.0417. The fourth-order valence-electron chi connectivity index (χ4n) is 1.54. The number of nitro groups is 1. The molecule has 1 heterocycles. The number of methoxy groups -OCH3 is 1. The Bertz CT molecular complexity index is 602. The van der Waals surface area contributed by atoms with Crippen LogP contribution in [0.3, 0.4) is 0 Å². The lowest BCUT2D eigenvalue weighted by Crippen LogP contribution is -1.98. The van der Waals surface area contributed by atoms with Crippen molar-refractivity contribution in [2.75, 3.05) is 7.11 Å². The number of nitrogens with zero attached hydrogens (tertiary/aromatic N) is 2. The smallest absolute Gasteiger partial charge is 0.406 e. The lowest BCUT2D eigenvalue weighted by atomic mass is 10.1. The first kappa shape index (κ1) is 12.0. The molecule has 0 spiro atoms. The predicted octanol–water partition coefficient (Wildman–Crippen LogP) is 2.80. The van der Waals surface area contributed by atoms with Gasteiger partial charge in [0.15, 0.2) is 5.69 Å². The SMILES string of the molecule is COc1ccc(-c2ccccc2F)nc1[N+](=O)[O-]. The number of pyridine rings is 1. The van der Waals surface area contributed by atoms with Crippen LogP contribution in [0.1, 0.15) is 0 Å². The van der Waals surface area contributed by atoms with Crippen LogP contribution in [0, 0.1) is 15.9 Å². The van der Waals surface area contributed by atoms with Crippen molar-refractivity contribution in [2.45, 2.75) is 0 Å². The minimum atomic E-state index is -0.664. The van der Waals surface area contributed by atoms with Gasteiger partial charge in [-0.05, 0) is 34.2 Å². The van der Waals surface area contributed by atoms with E-state index >= 15 is 0 Å². The summed E-state index contributed by atoms with van der Waals surface area (Å²) in [5.41, 5.74) is 0.406. The molecule has 2 aromatic rings. The van der Waals surface area contributed by atoms with Gasteiger partial charge in [-0.15, -0.1) is 0 Å². The van der Waals surface area contributed by atoms with Gasteiger partial charge in [-0.25, -0.2) is 4.39 Å².